The van der Waals surface area contributed by atoms with E-state index in [0.717, 1.165) is 0 Å². The van der Waals surface area contributed by atoms with Gasteiger partial charge in [-0.25, -0.2) is 4.98 Å². The molecule has 0 unspecified atom stereocenters. The van der Waals surface area contributed by atoms with Gasteiger partial charge in [0.1, 0.15) is 16.9 Å². The van der Waals surface area contributed by atoms with Gasteiger partial charge in [-0.1, -0.05) is 35.7 Å². The summed E-state index contributed by atoms with van der Waals surface area (Å²) in [6.45, 7) is 1.68. The molecule has 0 radical (unpaired) electrons. The fourth-order valence-corrected chi connectivity index (χ4v) is 4.27. The van der Waals surface area contributed by atoms with E-state index in [2.05, 4.69) is 26.5 Å². The van der Waals surface area contributed by atoms with Crippen LogP contribution in [-0.2, 0) is 21.2 Å². The monoisotopic (exact) mass is 468 g/mol. The molecule has 0 spiro atoms. The van der Waals surface area contributed by atoms with E-state index in [9.17, 15) is 13.2 Å². The number of halogens is 1. The van der Waals surface area contributed by atoms with Crippen molar-refractivity contribution in [2.45, 2.75) is 18.2 Å². The molecule has 0 saturated carbocycles. The van der Waals surface area contributed by atoms with Gasteiger partial charge in [-0.05, 0) is 48.7 Å². The number of amides is 1. The van der Waals surface area contributed by atoms with E-state index in [1.165, 1.54) is 17.3 Å². The molecule has 1 heterocycles. The van der Waals surface area contributed by atoms with E-state index in [1.54, 1.807) is 63.5 Å². The first-order valence-electron chi connectivity index (χ1n) is 9.57. The van der Waals surface area contributed by atoms with Gasteiger partial charge in [-0.3, -0.25) is 4.79 Å². The lowest BCUT2D eigenvalue weighted by atomic mass is 10.1. The van der Waals surface area contributed by atoms with Crippen molar-refractivity contribution in [2.75, 3.05) is 19.4 Å². The Hall–Kier alpha value is -3.41. The second-order valence-electron chi connectivity index (χ2n) is 7.09. The summed E-state index contributed by atoms with van der Waals surface area (Å²) in [5.74, 6) is 5.27. The average molecular weight is 469 g/mol. The third-order valence-electron chi connectivity index (χ3n) is 4.31. The van der Waals surface area contributed by atoms with E-state index in [1.807, 2.05) is 0 Å². The summed E-state index contributed by atoms with van der Waals surface area (Å²) in [6.07, 6.45) is 1.24. The van der Waals surface area contributed by atoms with Crippen molar-refractivity contribution < 1.29 is 13.2 Å². The molecular weight excluding hydrogens is 448 g/mol. The second kappa shape index (κ2) is 9.81. The molecule has 1 amide bonds. The summed E-state index contributed by atoms with van der Waals surface area (Å²) in [5.41, 5.74) is 1.80. The Morgan fingerprint density at radius 1 is 1.22 bits per heavy atom. The van der Waals surface area contributed by atoms with Gasteiger partial charge in [0.25, 0.3) is 10.0 Å². The molecule has 0 aliphatic rings. The number of nitrogens with zero attached hydrogens (tertiary/aromatic N) is 3. The Balaban J connectivity index is 2.06. The highest BCUT2D eigenvalue weighted by Crippen LogP contribution is 2.28. The van der Waals surface area contributed by atoms with Crippen molar-refractivity contribution in [2.24, 2.45) is 4.40 Å². The molecule has 0 bridgehead atoms. The molecule has 7 nitrogen and oxygen atoms in total. The summed E-state index contributed by atoms with van der Waals surface area (Å²) in [4.78, 5) is 18.5. The highest BCUT2D eigenvalue weighted by molar-refractivity contribution is 7.90. The van der Waals surface area contributed by atoms with Gasteiger partial charge < -0.3 is 10.2 Å². The van der Waals surface area contributed by atoms with Crippen molar-refractivity contribution in [3.63, 3.8) is 0 Å². The van der Waals surface area contributed by atoms with Gasteiger partial charge >= 0.3 is 0 Å². The van der Waals surface area contributed by atoms with Crippen LogP contribution >= 0.6 is 11.6 Å². The Kier molecular flexibility index (Phi) is 7.13. The number of carbonyl (C=O) groups excluding carboxylic acids is 1. The maximum Gasteiger partial charge on any atom is 0.284 e. The lowest BCUT2D eigenvalue weighted by Gasteiger charge is -2.11. The Bertz CT molecular complexity index is 1370. The maximum atomic E-state index is 12.9. The fraction of sp³-hybridized carbons (Fsp3) is 0.174. The van der Waals surface area contributed by atoms with E-state index in [4.69, 9.17) is 11.6 Å². The second-order valence-corrected chi connectivity index (χ2v) is 9.10. The molecule has 1 N–H and O–H groups in total. The van der Waals surface area contributed by atoms with Crippen LogP contribution in [0.25, 0.3) is 10.9 Å². The minimum Gasteiger partial charge on any atom is -0.368 e. The number of sulfonamides is 1. The molecular formula is C23H21ClN4O3S. The van der Waals surface area contributed by atoms with Crippen molar-refractivity contribution in [3.05, 3.63) is 64.8 Å². The zero-order valence-corrected chi connectivity index (χ0v) is 19.3. The van der Waals surface area contributed by atoms with Crippen LogP contribution in [0.5, 0.6) is 0 Å². The zero-order valence-electron chi connectivity index (χ0n) is 17.8. The predicted molar refractivity (Wildman–Crippen MR) is 127 cm³/mol. The lowest BCUT2D eigenvalue weighted by molar-refractivity contribution is -0.115. The highest BCUT2D eigenvalue weighted by Gasteiger charge is 2.19. The SMILES string of the molecule is CC#Cc1ccc2c(S(=O)(=O)N=CN(C)C)cc(NC(=O)Cc3ccccc3Cl)cc2n1. The molecule has 0 aliphatic carbocycles. The minimum atomic E-state index is -4.05. The minimum absolute atomic E-state index is 0.0351. The number of fused-ring (bicyclic) bond motifs is 1. The number of benzene rings is 2. The molecule has 164 valence electrons. The molecule has 32 heavy (non-hydrogen) atoms. The van der Waals surface area contributed by atoms with Crippen LogP contribution in [-0.4, -0.2) is 44.6 Å². The van der Waals surface area contributed by atoms with Crippen LogP contribution in [0.15, 0.2) is 57.8 Å². The topological polar surface area (TPSA) is 91.7 Å². The molecule has 0 atom stereocenters. The van der Waals surface area contributed by atoms with Crippen molar-refractivity contribution in [3.8, 4) is 11.8 Å². The molecule has 9 heteroatoms. The molecule has 3 rings (SSSR count). The van der Waals surface area contributed by atoms with Gasteiger partial charge in [0, 0.05) is 30.2 Å². The number of hydrogen-bond donors (Lipinski definition) is 1. The first kappa shape index (κ1) is 23.3. The molecule has 3 aromatic rings. The van der Waals surface area contributed by atoms with Gasteiger partial charge in [-0.2, -0.15) is 8.42 Å². The van der Waals surface area contributed by atoms with Crippen LogP contribution < -0.4 is 5.32 Å². The fourth-order valence-electron chi connectivity index (χ4n) is 2.92. The average Bonchev–Trinajstić information content (AvgIpc) is 2.73. The molecule has 0 fully saturated rings. The van der Waals surface area contributed by atoms with E-state index < -0.39 is 10.0 Å². The van der Waals surface area contributed by atoms with Crippen molar-refractivity contribution in [1.29, 1.82) is 0 Å². The Morgan fingerprint density at radius 2 is 1.97 bits per heavy atom. The van der Waals surface area contributed by atoms with E-state index >= 15 is 0 Å². The smallest absolute Gasteiger partial charge is 0.284 e. The number of carbonyl (C=O) groups is 1. The Morgan fingerprint density at radius 3 is 2.66 bits per heavy atom. The predicted octanol–water partition coefficient (Wildman–Crippen LogP) is 3.72. The van der Waals surface area contributed by atoms with Gasteiger partial charge in [0.15, 0.2) is 0 Å². The van der Waals surface area contributed by atoms with Crippen LogP contribution in [0, 0.1) is 11.8 Å². The van der Waals surface area contributed by atoms with Gasteiger partial charge in [0.2, 0.25) is 5.91 Å². The van der Waals surface area contributed by atoms with Crippen molar-refractivity contribution >= 4 is 50.5 Å². The number of hydrogen-bond acceptors (Lipinski definition) is 4. The maximum absolute atomic E-state index is 12.9. The molecule has 2 aromatic carbocycles. The van der Waals surface area contributed by atoms with Crippen molar-refractivity contribution in [1.82, 2.24) is 9.88 Å². The molecule has 0 aliphatic heterocycles. The highest BCUT2D eigenvalue weighted by atomic mass is 35.5. The third kappa shape index (κ3) is 5.63. The van der Waals surface area contributed by atoms with Crippen LogP contribution in [0.4, 0.5) is 5.69 Å². The van der Waals surface area contributed by atoms with Crippen LogP contribution in [0.2, 0.25) is 5.02 Å². The lowest BCUT2D eigenvalue weighted by Crippen LogP contribution is -2.15. The zero-order chi connectivity index (χ0) is 23.3. The summed E-state index contributed by atoms with van der Waals surface area (Å²) in [5, 5.41) is 3.60. The number of anilines is 1. The Labute approximate surface area is 192 Å². The quantitative estimate of drug-likeness (QED) is 0.338. The van der Waals surface area contributed by atoms with Crippen LogP contribution in [0.1, 0.15) is 18.2 Å². The van der Waals surface area contributed by atoms with E-state index in [-0.39, 0.29) is 22.9 Å². The molecule has 0 saturated heterocycles. The van der Waals surface area contributed by atoms with E-state index in [0.29, 0.717) is 27.2 Å². The normalized spacial score (nSPS) is 11.2. The first-order chi connectivity index (χ1) is 15.2. The first-order valence-corrected chi connectivity index (χ1v) is 11.4. The number of pyridine rings is 1. The van der Waals surface area contributed by atoms with Gasteiger partial charge in [0.05, 0.1) is 11.9 Å². The van der Waals surface area contributed by atoms with Gasteiger partial charge in [-0.15, -0.1) is 4.40 Å². The third-order valence-corrected chi connectivity index (χ3v) is 5.94. The molecule has 1 aromatic heterocycles. The number of rotatable bonds is 6. The number of aromatic nitrogens is 1. The summed E-state index contributed by atoms with van der Waals surface area (Å²) < 4.78 is 29.6. The summed E-state index contributed by atoms with van der Waals surface area (Å²) in [6, 6.07) is 13.3. The largest absolute Gasteiger partial charge is 0.368 e. The standard InChI is InChI=1S/C23H21ClN4O3S/c1-4-7-17-10-11-19-21(26-17)13-18(14-22(19)32(30,31)25-15-28(2)3)27-23(29)12-16-8-5-6-9-20(16)24/h5-6,8-11,13-15H,12H2,1-3H3,(H,27,29). The van der Waals surface area contributed by atoms with Crippen LogP contribution in [0.3, 0.4) is 0 Å². The number of nitrogens with one attached hydrogen (secondary N) is 1. The summed E-state index contributed by atoms with van der Waals surface area (Å²) >= 11 is 6.14. The summed E-state index contributed by atoms with van der Waals surface area (Å²) in [7, 11) is -0.719.